The van der Waals surface area contributed by atoms with Crippen LogP contribution in [0.5, 0.6) is 0 Å². The van der Waals surface area contributed by atoms with Gasteiger partial charge in [0.15, 0.2) is 0 Å². The standard InChI is InChI=1S/C46H32N6/c47-39-15-11-25-10-14-36-41(17-12-26-9-13-35(39)45(25)46(26)36)51-49-33-19-29-5-7-31-21-34(22-32-8-6-30(20-33)43(29)44(31)32)50-52-42-18-16-40(48)37-23-27-3-1-2-4-28(27)24-38(37)42/h1-24,49-52H,47-48H2. The van der Waals surface area contributed by atoms with Crippen LogP contribution in [0.2, 0.25) is 0 Å². The van der Waals surface area contributed by atoms with Crippen LogP contribution >= 0.6 is 0 Å². The second-order valence-electron chi connectivity index (χ2n) is 13.9. The summed E-state index contributed by atoms with van der Waals surface area (Å²) in [6.45, 7) is 0. The van der Waals surface area contributed by atoms with Gasteiger partial charge in [-0.1, -0.05) is 84.9 Å². The van der Waals surface area contributed by atoms with Crippen molar-refractivity contribution in [1.82, 2.24) is 0 Å². The molecule has 0 bridgehead atoms. The lowest BCUT2D eigenvalue weighted by Gasteiger charge is -2.18. The topological polar surface area (TPSA) is 100 Å². The highest BCUT2D eigenvalue weighted by Gasteiger charge is 2.14. The summed E-state index contributed by atoms with van der Waals surface area (Å²) >= 11 is 0. The van der Waals surface area contributed by atoms with Crippen molar-refractivity contribution < 1.29 is 0 Å². The summed E-state index contributed by atoms with van der Waals surface area (Å²) in [4.78, 5) is 0. The van der Waals surface area contributed by atoms with Gasteiger partial charge in [-0.25, -0.2) is 0 Å². The van der Waals surface area contributed by atoms with E-state index in [1.54, 1.807) is 0 Å². The average Bonchev–Trinajstić information content (AvgIpc) is 3.18. The molecule has 0 saturated heterocycles. The predicted octanol–water partition coefficient (Wildman–Crippen LogP) is 11.8. The number of fused-ring (bicyclic) bond motifs is 2. The largest absolute Gasteiger partial charge is 0.398 e. The fourth-order valence-electron chi connectivity index (χ4n) is 8.36. The number of benzene rings is 11. The Balaban J connectivity index is 0.910. The quantitative estimate of drug-likeness (QED) is 0.0456. The second kappa shape index (κ2) is 10.7. The Labute approximate surface area is 298 Å². The van der Waals surface area contributed by atoms with E-state index in [-0.39, 0.29) is 0 Å². The van der Waals surface area contributed by atoms with Crippen molar-refractivity contribution in [3.05, 3.63) is 146 Å². The number of nitrogens with one attached hydrogen (secondary N) is 4. The first-order chi connectivity index (χ1) is 25.6. The average molecular weight is 669 g/mol. The van der Waals surface area contributed by atoms with Crippen molar-refractivity contribution in [2.75, 3.05) is 33.2 Å². The molecule has 0 atom stereocenters. The van der Waals surface area contributed by atoms with Crippen LogP contribution < -0.4 is 33.2 Å². The number of hydrogen-bond donors (Lipinski definition) is 6. The van der Waals surface area contributed by atoms with Gasteiger partial charge in [0, 0.05) is 32.9 Å². The van der Waals surface area contributed by atoms with Crippen molar-refractivity contribution in [1.29, 1.82) is 0 Å². The number of anilines is 6. The van der Waals surface area contributed by atoms with Crippen LogP contribution in [0.4, 0.5) is 34.1 Å². The molecule has 6 nitrogen and oxygen atoms in total. The first-order valence-corrected chi connectivity index (χ1v) is 17.5. The van der Waals surface area contributed by atoms with E-state index in [1.165, 1.54) is 64.6 Å². The molecule has 0 amide bonds. The highest BCUT2D eigenvalue weighted by Crippen LogP contribution is 2.41. The number of nitrogens with two attached hydrogens (primary N) is 2. The van der Waals surface area contributed by atoms with Crippen LogP contribution in [-0.4, -0.2) is 0 Å². The van der Waals surface area contributed by atoms with Crippen molar-refractivity contribution in [2.45, 2.75) is 0 Å². The Hall–Kier alpha value is -7.18. The summed E-state index contributed by atoms with van der Waals surface area (Å²) in [7, 11) is 0. The molecular weight excluding hydrogens is 637 g/mol. The fourth-order valence-corrected chi connectivity index (χ4v) is 8.36. The summed E-state index contributed by atoms with van der Waals surface area (Å²) in [5.74, 6) is 0. The van der Waals surface area contributed by atoms with E-state index in [0.717, 1.165) is 55.7 Å². The molecule has 11 rings (SSSR count). The molecule has 11 aromatic carbocycles. The Morgan fingerprint density at radius 2 is 0.712 bits per heavy atom. The minimum Gasteiger partial charge on any atom is -0.398 e. The van der Waals surface area contributed by atoms with E-state index >= 15 is 0 Å². The van der Waals surface area contributed by atoms with Crippen molar-refractivity contribution in [3.8, 4) is 0 Å². The zero-order chi connectivity index (χ0) is 34.5. The summed E-state index contributed by atoms with van der Waals surface area (Å²) in [6, 6.07) is 51.5. The molecule has 0 radical (unpaired) electrons. The fraction of sp³-hybridized carbons (Fsp3) is 0. The molecule has 0 aliphatic heterocycles. The maximum absolute atomic E-state index is 6.41. The lowest BCUT2D eigenvalue weighted by atomic mass is 9.93. The third-order valence-corrected chi connectivity index (χ3v) is 10.8. The minimum atomic E-state index is 0.766. The zero-order valence-electron chi connectivity index (χ0n) is 28.0. The minimum absolute atomic E-state index is 0.766. The van der Waals surface area contributed by atoms with Crippen LogP contribution in [0.25, 0.3) is 86.2 Å². The van der Waals surface area contributed by atoms with E-state index in [1.807, 2.05) is 18.2 Å². The van der Waals surface area contributed by atoms with E-state index in [0.29, 0.717) is 0 Å². The van der Waals surface area contributed by atoms with E-state index in [4.69, 9.17) is 11.5 Å². The predicted molar refractivity (Wildman–Crippen MR) is 225 cm³/mol. The Morgan fingerprint density at radius 3 is 1.33 bits per heavy atom. The van der Waals surface area contributed by atoms with Gasteiger partial charge < -0.3 is 33.2 Å². The van der Waals surface area contributed by atoms with Gasteiger partial charge in [0.1, 0.15) is 0 Å². The molecule has 246 valence electrons. The molecule has 0 fully saturated rings. The van der Waals surface area contributed by atoms with Gasteiger partial charge in [-0.3, -0.25) is 0 Å². The molecule has 0 heterocycles. The first kappa shape index (κ1) is 28.6. The molecule has 11 aromatic rings. The lowest BCUT2D eigenvalue weighted by Crippen LogP contribution is -2.09. The number of rotatable bonds is 6. The Morgan fingerprint density at radius 1 is 0.288 bits per heavy atom. The SMILES string of the molecule is Nc1ccc(NNc2cc3ccc4cc(NNc5ccc6ccc7c(N)ccc8ccc5c6c87)cc5ccc(c2)c3c45)c2cc3ccccc3cc12. The van der Waals surface area contributed by atoms with Crippen molar-refractivity contribution in [2.24, 2.45) is 0 Å². The normalized spacial score (nSPS) is 12.0. The molecule has 6 heteroatoms. The number of hydrogen-bond acceptors (Lipinski definition) is 6. The molecular formula is C46H32N6. The summed E-state index contributed by atoms with van der Waals surface area (Å²) in [5.41, 5.74) is 32.3. The van der Waals surface area contributed by atoms with Gasteiger partial charge in [0.2, 0.25) is 0 Å². The van der Waals surface area contributed by atoms with Gasteiger partial charge in [0.05, 0.1) is 22.7 Å². The molecule has 0 aromatic heterocycles. The maximum Gasteiger partial charge on any atom is 0.0619 e. The van der Waals surface area contributed by atoms with E-state index < -0.39 is 0 Å². The maximum atomic E-state index is 6.41. The highest BCUT2D eigenvalue weighted by atomic mass is 15.4. The molecule has 0 saturated carbocycles. The molecule has 0 unspecified atom stereocenters. The van der Waals surface area contributed by atoms with Gasteiger partial charge in [0.25, 0.3) is 0 Å². The molecule has 52 heavy (non-hydrogen) atoms. The van der Waals surface area contributed by atoms with Crippen LogP contribution in [0.1, 0.15) is 0 Å². The third kappa shape index (κ3) is 4.25. The first-order valence-electron chi connectivity index (χ1n) is 17.5. The van der Waals surface area contributed by atoms with Crippen LogP contribution in [-0.2, 0) is 0 Å². The van der Waals surface area contributed by atoms with Crippen LogP contribution in [0, 0.1) is 0 Å². The number of hydrazine groups is 2. The molecule has 0 aliphatic rings. The highest BCUT2D eigenvalue weighted by molar-refractivity contribution is 6.27. The summed E-state index contributed by atoms with van der Waals surface area (Å²) < 4.78 is 0. The van der Waals surface area contributed by atoms with Gasteiger partial charge in [-0.15, -0.1) is 0 Å². The summed E-state index contributed by atoms with van der Waals surface area (Å²) in [6.07, 6.45) is 0. The van der Waals surface area contributed by atoms with E-state index in [9.17, 15) is 0 Å². The lowest BCUT2D eigenvalue weighted by molar-refractivity contribution is 1.44. The molecule has 0 spiro atoms. The van der Waals surface area contributed by atoms with Gasteiger partial charge >= 0.3 is 0 Å². The van der Waals surface area contributed by atoms with Crippen LogP contribution in [0.3, 0.4) is 0 Å². The molecule has 0 aliphatic carbocycles. The van der Waals surface area contributed by atoms with E-state index in [2.05, 4.69) is 149 Å². The van der Waals surface area contributed by atoms with Gasteiger partial charge in [-0.05, 0) is 125 Å². The number of nitrogen functional groups attached to an aromatic ring is 2. The zero-order valence-corrected chi connectivity index (χ0v) is 28.0. The second-order valence-corrected chi connectivity index (χ2v) is 13.9. The Bertz CT molecular complexity index is 3160. The van der Waals surface area contributed by atoms with Crippen molar-refractivity contribution in [3.63, 3.8) is 0 Å². The third-order valence-electron chi connectivity index (χ3n) is 10.8. The summed E-state index contributed by atoms with van der Waals surface area (Å²) in [5, 5.41) is 18.8. The molecule has 8 N–H and O–H groups in total. The Kier molecular flexibility index (Phi) is 5.87. The van der Waals surface area contributed by atoms with Crippen molar-refractivity contribution >= 4 is 120 Å². The monoisotopic (exact) mass is 668 g/mol. The smallest absolute Gasteiger partial charge is 0.0619 e. The van der Waals surface area contributed by atoms with Crippen LogP contribution in [0.15, 0.2) is 146 Å². The van der Waals surface area contributed by atoms with Gasteiger partial charge in [-0.2, -0.15) is 0 Å².